The summed E-state index contributed by atoms with van der Waals surface area (Å²) < 4.78 is 0. The fourth-order valence-electron chi connectivity index (χ4n) is 2.39. The van der Waals surface area contributed by atoms with Crippen molar-refractivity contribution >= 4 is 40.5 Å². The van der Waals surface area contributed by atoms with Gasteiger partial charge < -0.3 is 10.2 Å². The summed E-state index contributed by atoms with van der Waals surface area (Å²) in [5.41, 5.74) is 2.73. The number of halogens is 2. The van der Waals surface area contributed by atoms with Crippen LogP contribution in [0.15, 0.2) is 42.5 Å². The van der Waals surface area contributed by atoms with Crippen LogP contribution >= 0.6 is 23.2 Å². The van der Waals surface area contributed by atoms with Gasteiger partial charge in [0.1, 0.15) is 0 Å². The number of hydrogen-bond acceptors (Lipinski definition) is 2. The van der Waals surface area contributed by atoms with Gasteiger partial charge in [-0.2, -0.15) is 0 Å². The van der Waals surface area contributed by atoms with Gasteiger partial charge in [0.2, 0.25) is 5.91 Å². The van der Waals surface area contributed by atoms with E-state index in [0.29, 0.717) is 35.2 Å². The van der Waals surface area contributed by atoms with E-state index in [1.54, 1.807) is 23.1 Å². The zero-order valence-corrected chi connectivity index (χ0v) is 14.8. The highest BCUT2D eigenvalue weighted by Gasteiger charge is 2.14. The molecule has 0 saturated carbocycles. The molecular formula is C18H20Cl2N2O. The van der Waals surface area contributed by atoms with Crippen LogP contribution < -0.4 is 10.2 Å². The number of rotatable bonds is 6. The molecule has 0 aliphatic rings. The molecular weight excluding hydrogens is 331 g/mol. The first-order chi connectivity index (χ1) is 11.0. The number of para-hydroxylation sites is 1. The van der Waals surface area contributed by atoms with E-state index in [4.69, 9.17) is 23.2 Å². The van der Waals surface area contributed by atoms with E-state index in [1.165, 1.54) is 0 Å². The van der Waals surface area contributed by atoms with Gasteiger partial charge in [-0.05, 0) is 43.7 Å². The monoisotopic (exact) mass is 350 g/mol. The van der Waals surface area contributed by atoms with Crippen LogP contribution in [0.1, 0.15) is 18.9 Å². The Bertz CT molecular complexity index is 668. The van der Waals surface area contributed by atoms with Crippen molar-refractivity contribution in [2.24, 2.45) is 0 Å². The van der Waals surface area contributed by atoms with Gasteiger partial charge in [-0.25, -0.2) is 0 Å². The summed E-state index contributed by atoms with van der Waals surface area (Å²) in [5, 5.41) is 4.25. The maximum Gasteiger partial charge on any atom is 0.228 e. The molecule has 0 atom stereocenters. The first-order valence-corrected chi connectivity index (χ1v) is 8.33. The van der Waals surface area contributed by atoms with Crippen LogP contribution in [0.4, 0.5) is 11.4 Å². The van der Waals surface area contributed by atoms with Crippen LogP contribution in [0.5, 0.6) is 0 Å². The minimum Gasteiger partial charge on any atom is -0.382 e. The van der Waals surface area contributed by atoms with E-state index in [-0.39, 0.29) is 5.91 Å². The first-order valence-electron chi connectivity index (χ1n) is 7.58. The second-order valence-electron chi connectivity index (χ2n) is 5.25. The molecule has 2 aromatic rings. The van der Waals surface area contributed by atoms with Gasteiger partial charge in [-0.15, -0.1) is 0 Å². The Morgan fingerprint density at radius 2 is 1.78 bits per heavy atom. The lowest BCUT2D eigenvalue weighted by Gasteiger charge is -2.22. The number of benzene rings is 2. The fourth-order valence-corrected chi connectivity index (χ4v) is 2.93. The largest absolute Gasteiger partial charge is 0.382 e. The van der Waals surface area contributed by atoms with Crippen molar-refractivity contribution in [1.82, 2.24) is 0 Å². The number of nitrogens with zero attached hydrogens (tertiary/aromatic N) is 1. The van der Waals surface area contributed by atoms with Gasteiger partial charge in [-0.1, -0.05) is 41.4 Å². The smallest absolute Gasteiger partial charge is 0.228 e. The van der Waals surface area contributed by atoms with Crippen molar-refractivity contribution < 1.29 is 4.79 Å². The molecule has 0 fully saturated rings. The summed E-state index contributed by atoms with van der Waals surface area (Å²) in [7, 11) is 0. The lowest BCUT2D eigenvalue weighted by atomic mass is 10.2. The average molecular weight is 351 g/mol. The molecule has 1 amide bonds. The standard InChI is InChI=1S/C18H20Cl2N2O/c1-3-22(14-7-4-6-13(2)12-14)17(23)10-11-21-18-15(19)8-5-9-16(18)20/h4-9,12,21H,3,10-11H2,1-2H3. The third-order valence-electron chi connectivity index (χ3n) is 3.53. The molecule has 0 unspecified atom stereocenters. The van der Waals surface area contributed by atoms with Gasteiger partial charge in [0.05, 0.1) is 15.7 Å². The number of anilines is 2. The van der Waals surface area contributed by atoms with E-state index in [2.05, 4.69) is 5.32 Å². The third-order valence-corrected chi connectivity index (χ3v) is 4.16. The number of amides is 1. The molecule has 2 aromatic carbocycles. The third kappa shape index (κ3) is 4.63. The van der Waals surface area contributed by atoms with E-state index in [9.17, 15) is 4.79 Å². The molecule has 5 heteroatoms. The van der Waals surface area contributed by atoms with Crippen LogP contribution in [-0.2, 0) is 4.79 Å². The van der Waals surface area contributed by atoms with Crippen LogP contribution in [-0.4, -0.2) is 19.0 Å². The minimum absolute atomic E-state index is 0.0637. The van der Waals surface area contributed by atoms with Crippen LogP contribution in [0, 0.1) is 6.92 Å². The SMILES string of the molecule is CCN(C(=O)CCNc1c(Cl)cccc1Cl)c1cccc(C)c1. The highest BCUT2D eigenvalue weighted by atomic mass is 35.5. The maximum absolute atomic E-state index is 12.5. The zero-order chi connectivity index (χ0) is 16.8. The number of aryl methyl sites for hydroxylation is 1. The molecule has 1 N–H and O–H groups in total. The summed E-state index contributed by atoms with van der Waals surface area (Å²) >= 11 is 12.2. The van der Waals surface area contributed by atoms with Crippen molar-refractivity contribution in [3.63, 3.8) is 0 Å². The summed E-state index contributed by atoms with van der Waals surface area (Å²) in [4.78, 5) is 14.2. The Morgan fingerprint density at radius 1 is 1.13 bits per heavy atom. The minimum atomic E-state index is 0.0637. The molecule has 3 nitrogen and oxygen atoms in total. The number of carbonyl (C=O) groups excluding carboxylic acids is 1. The van der Waals surface area contributed by atoms with Gasteiger partial charge in [-0.3, -0.25) is 4.79 Å². The topological polar surface area (TPSA) is 32.3 Å². The number of carbonyl (C=O) groups is 1. The van der Waals surface area contributed by atoms with Gasteiger partial charge >= 0.3 is 0 Å². The molecule has 0 aliphatic carbocycles. The van der Waals surface area contributed by atoms with Crippen molar-refractivity contribution in [2.45, 2.75) is 20.3 Å². The van der Waals surface area contributed by atoms with E-state index >= 15 is 0 Å². The van der Waals surface area contributed by atoms with Crippen molar-refractivity contribution in [3.8, 4) is 0 Å². The van der Waals surface area contributed by atoms with Gasteiger partial charge in [0, 0.05) is 25.2 Å². The molecule has 2 rings (SSSR count). The molecule has 0 aromatic heterocycles. The molecule has 0 spiro atoms. The van der Waals surface area contributed by atoms with E-state index < -0.39 is 0 Å². The average Bonchev–Trinajstić information content (AvgIpc) is 2.51. The molecule has 0 bridgehead atoms. The molecule has 23 heavy (non-hydrogen) atoms. The first kappa shape index (κ1) is 17.6. The predicted molar refractivity (Wildman–Crippen MR) is 98.8 cm³/mol. The summed E-state index contributed by atoms with van der Waals surface area (Å²) in [6.07, 6.45) is 0.364. The maximum atomic E-state index is 12.5. The summed E-state index contributed by atoms with van der Waals surface area (Å²) in [6.45, 7) is 5.10. The van der Waals surface area contributed by atoms with Crippen molar-refractivity contribution in [2.75, 3.05) is 23.3 Å². The van der Waals surface area contributed by atoms with Crippen molar-refractivity contribution in [3.05, 3.63) is 58.1 Å². The lowest BCUT2D eigenvalue weighted by molar-refractivity contribution is -0.118. The van der Waals surface area contributed by atoms with Gasteiger partial charge in [0.25, 0.3) is 0 Å². The lowest BCUT2D eigenvalue weighted by Crippen LogP contribution is -2.31. The Balaban J connectivity index is 1.98. The quantitative estimate of drug-likeness (QED) is 0.780. The predicted octanol–water partition coefficient (Wildman–Crippen LogP) is 5.16. The zero-order valence-electron chi connectivity index (χ0n) is 13.3. The summed E-state index contributed by atoms with van der Waals surface area (Å²) in [6, 6.07) is 13.3. The normalized spacial score (nSPS) is 10.4. The number of hydrogen-bond donors (Lipinski definition) is 1. The molecule has 0 saturated heterocycles. The van der Waals surface area contributed by atoms with Crippen LogP contribution in [0.3, 0.4) is 0 Å². The Hall–Kier alpha value is -1.71. The Kier molecular flexibility index (Phi) is 6.31. The van der Waals surface area contributed by atoms with Gasteiger partial charge in [0.15, 0.2) is 0 Å². The Labute approximate surface area is 147 Å². The number of nitrogens with one attached hydrogen (secondary N) is 1. The van der Waals surface area contributed by atoms with Crippen LogP contribution in [0.25, 0.3) is 0 Å². The highest BCUT2D eigenvalue weighted by Crippen LogP contribution is 2.29. The fraction of sp³-hybridized carbons (Fsp3) is 0.278. The Morgan fingerprint density at radius 3 is 2.39 bits per heavy atom. The summed E-state index contributed by atoms with van der Waals surface area (Å²) in [5.74, 6) is 0.0637. The molecule has 122 valence electrons. The van der Waals surface area contributed by atoms with E-state index in [0.717, 1.165) is 11.3 Å². The highest BCUT2D eigenvalue weighted by molar-refractivity contribution is 6.39. The van der Waals surface area contributed by atoms with Crippen LogP contribution in [0.2, 0.25) is 10.0 Å². The second-order valence-corrected chi connectivity index (χ2v) is 6.06. The van der Waals surface area contributed by atoms with E-state index in [1.807, 2.05) is 38.1 Å². The second kappa shape index (κ2) is 8.23. The van der Waals surface area contributed by atoms with Crippen molar-refractivity contribution in [1.29, 1.82) is 0 Å². The molecule has 0 aliphatic heterocycles. The molecule has 0 radical (unpaired) electrons. The molecule has 0 heterocycles.